The lowest BCUT2D eigenvalue weighted by molar-refractivity contribution is -0.139. The third kappa shape index (κ3) is 2.55. The normalized spacial score (nSPS) is 22.6. The highest BCUT2D eigenvalue weighted by Crippen LogP contribution is 2.39. The summed E-state index contributed by atoms with van der Waals surface area (Å²) in [6.45, 7) is 3.75. The fourth-order valence-corrected chi connectivity index (χ4v) is 4.23. The Morgan fingerprint density at radius 3 is 2.68 bits per heavy atom. The molecule has 1 aromatic rings. The predicted octanol–water partition coefficient (Wildman–Crippen LogP) is 2.72. The molecule has 2 aliphatic rings. The van der Waals surface area contributed by atoms with Gasteiger partial charge in [-0.3, -0.25) is 9.69 Å². The number of carboxylic acid groups (broad SMARTS) is 1. The van der Waals surface area contributed by atoms with Crippen LogP contribution in [-0.2, 0) is 9.59 Å². The molecule has 1 atom stereocenters. The molecule has 3 rings (SSSR count). The molecule has 1 fully saturated rings. The Morgan fingerprint density at radius 2 is 2.05 bits per heavy atom. The summed E-state index contributed by atoms with van der Waals surface area (Å²) in [7, 11) is 0. The zero-order valence-electron chi connectivity index (χ0n) is 12.1. The summed E-state index contributed by atoms with van der Waals surface area (Å²) in [5, 5.41) is 8.99. The minimum Gasteiger partial charge on any atom is -0.477 e. The van der Waals surface area contributed by atoms with Gasteiger partial charge < -0.3 is 5.11 Å². The van der Waals surface area contributed by atoms with Gasteiger partial charge in [-0.15, -0.1) is 11.8 Å². The maximum atomic E-state index is 12.2. The van der Waals surface area contributed by atoms with Gasteiger partial charge >= 0.3 is 5.97 Å². The molecule has 0 saturated carbocycles. The monoisotopic (exact) mass is 334 g/mol. The summed E-state index contributed by atoms with van der Waals surface area (Å²) in [5.41, 5.74) is 2.42. The number of rotatable bonds is 3. The van der Waals surface area contributed by atoms with Crippen LogP contribution in [0.4, 0.5) is 0 Å². The molecule has 0 aliphatic carbocycles. The number of hydrogen-bond donors (Lipinski definition) is 1. The van der Waals surface area contributed by atoms with Crippen LogP contribution in [-0.4, -0.2) is 38.7 Å². The van der Waals surface area contributed by atoms with Crippen molar-refractivity contribution in [3.05, 3.63) is 41.1 Å². The van der Waals surface area contributed by atoms with Gasteiger partial charge in [0.25, 0.3) is 5.91 Å². The second-order valence-electron chi connectivity index (χ2n) is 5.15. The molecule has 5 nitrogen and oxygen atoms in total. The van der Waals surface area contributed by atoms with E-state index in [0.717, 1.165) is 10.5 Å². The van der Waals surface area contributed by atoms with Crippen molar-refractivity contribution < 1.29 is 14.7 Å². The predicted molar refractivity (Wildman–Crippen MR) is 87.9 cm³/mol. The number of carboxylic acids is 1. The molecule has 1 aromatic carbocycles. The maximum absolute atomic E-state index is 12.2. The van der Waals surface area contributed by atoms with E-state index in [1.807, 2.05) is 31.2 Å². The summed E-state index contributed by atoms with van der Waals surface area (Å²) in [5.74, 6) is -0.764. The third-order valence-electron chi connectivity index (χ3n) is 3.48. The molecule has 0 radical (unpaired) electrons. The van der Waals surface area contributed by atoms with Crippen molar-refractivity contribution in [2.45, 2.75) is 24.1 Å². The molecule has 1 amide bonds. The number of aryl methyl sites for hydroxylation is 1. The van der Waals surface area contributed by atoms with Gasteiger partial charge in [0.05, 0.1) is 0 Å². The molecule has 0 bridgehead atoms. The Bertz CT molecular complexity index is 710. The van der Waals surface area contributed by atoms with Crippen molar-refractivity contribution in [1.29, 1.82) is 0 Å². The third-order valence-corrected chi connectivity index (χ3v) is 5.60. The zero-order chi connectivity index (χ0) is 15.9. The van der Waals surface area contributed by atoms with E-state index >= 15 is 0 Å². The van der Waals surface area contributed by atoms with Gasteiger partial charge in [-0.1, -0.05) is 17.7 Å². The first-order valence-corrected chi connectivity index (χ1v) is 8.51. The molecule has 0 spiro atoms. The Morgan fingerprint density at radius 1 is 1.36 bits per heavy atom. The van der Waals surface area contributed by atoms with Crippen molar-refractivity contribution in [1.82, 2.24) is 4.90 Å². The number of fused-ring (bicyclic) bond motifs is 1. The first kappa shape index (κ1) is 15.2. The van der Waals surface area contributed by atoms with Crippen molar-refractivity contribution in [2.75, 3.05) is 5.75 Å². The topological polar surface area (TPSA) is 70.0 Å². The number of benzene rings is 1. The lowest BCUT2D eigenvalue weighted by Crippen LogP contribution is -2.62. The number of amides is 1. The van der Waals surface area contributed by atoms with E-state index in [2.05, 4.69) is 4.40 Å². The highest BCUT2D eigenvalue weighted by molar-refractivity contribution is 8.01. The van der Waals surface area contributed by atoms with Gasteiger partial charge in [-0.2, -0.15) is 0 Å². The average Bonchev–Trinajstić information content (AvgIpc) is 2.49. The van der Waals surface area contributed by atoms with Gasteiger partial charge in [0.1, 0.15) is 16.8 Å². The van der Waals surface area contributed by atoms with Crippen LogP contribution < -0.4 is 0 Å². The fraction of sp³-hybridized carbons (Fsp3) is 0.267. The van der Waals surface area contributed by atoms with Crippen molar-refractivity contribution in [3.8, 4) is 0 Å². The summed E-state index contributed by atoms with van der Waals surface area (Å²) in [6.07, 6.45) is 0. The fourth-order valence-electron chi connectivity index (χ4n) is 2.31. The summed E-state index contributed by atoms with van der Waals surface area (Å²) >= 11 is 2.78. The largest absolute Gasteiger partial charge is 0.477 e. The molecule has 2 heterocycles. The van der Waals surface area contributed by atoms with Crippen LogP contribution in [0.3, 0.4) is 0 Å². The van der Waals surface area contributed by atoms with Gasteiger partial charge in [-0.25, -0.2) is 9.19 Å². The summed E-state index contributed by atoms with van der Waals surface area (Å²) in [6, 6.07) is 7.88. The van der Waals surface area contributed by atoms with Crippen LogP contribution in [0.25, 0.3) is 0 Å². The van der Waals surface area contributed by atoms with E-state index in [0.29, 0.717) is 17.0 Å². The van der Waals surface area contributed by atoms with Crippen LogP contribution in [0.1, 0.15) is 12.5 Å². The van der Waals surface area contributed by atoms with Gasteiger partial charge in [0.15, 0.2) is 0 Å². The summed E-state index contributed by atoms with van der Waals surface area (Å²) < 4.78 is 4.32. The quantitative estimate of drug-likeness (QED) is 0.680. The molecule has 1 N–H and O–H groups in total. The lowest BCUT2D eigenvalue weighted by atomic mass is 10.1. The smallest absolute Gasteiger partial charge is 0.352 e. The van der Waals surface area contributed by atoms with Crippen LogP contribution in [0, 0.1) is 6.92 Å². The molecule has 22 heavy (non-hydrogen) atoms. The zero-order valence-corrected chi connectivity index (χ0v) is 13.7. The highest BCUT2D eigenvalue weighted by atomic mass is 32.2. The number of β-lactam (4-membered cyclic amide) rings is 1. The first-order chi connectivity index (χ1) is 10.5. The number of carbonyl (C=O) groups is 2. The van der Waals surface area contributed by atoms with Gasteiger partial charge in [0, 0.05) is 22.6 Å². The van der Waals surface area contributed by atoms with E-state index in [1.54, 1.807) is 6.92 Å². The van der Waals surface area contributed by atoms with Crippen molar-refractivity contribution in [3.63, 3.8) is 0 Å². The Hall–Kier alpha value is -1.73. The molecule has 7 heteroatoms. The Labute approximate surface area is 136 Å². The molecule has 2 aliphatic heterocycles. The molecular weight excluding hydrogens is 320 g/mol. The van der Waals surface area contributed by atoms with Crippen molar-refractivity contribution in [2.24, 2.45) is 4.40 Å². The second kappa shape index (κ2) is 5.81. The molecule has 0 aromatic heterocycles. The number of thioether (sulfide) groups is 1. The molecular formula is C15H14N2O3S2. The minimum atomic E-state index is -1.05. The van der Waals surface area contributed by atoms with E-state index in [-0.39, 0.29) is 17.0 Å². The average molecular weight is 334 g/mol. The maximum Gasteiger partial charge on any atom is 0.352 e. The van der Waals surface area contributed by atoms with Crippen LogP contribution in [0.15, 0.2) is 44.8 Å². The van der Waals surface area contributed by atoms with Crippen molar-refractivity contribution >= 4 is 41.3 Å². The number of hydrogen-bond acceptors (Lipinski definition) is 5. The highest BCUT2D eigenvalue weighted by Gasteiger charge is 2.50. The van der Waals surface area contributed by atoms with Gasteiger partial charge in [-0.05, 0) is 31.6 Å². The first-order valence-electron chi connectivity index (χ1n) is 6.69. The number of carbonyl (C=O) groups excluding carboxylic acids is 1. The standard InChI is InChI=1S/C15H14N2O3S2/c1-8-3-5-10(6-4-8)22-16-11-13(18)17-12(15(19)20)9(2)7-21-14(11)17/h3-6,14H,7H2,1-2H3,(H,19,20)/b16-11+. The molecule has 1 unspecified atom stereocenters. The van der Waals surface area contributed by atoms with E-state index in [9.17, 15) is 14.7 Å². The lowest BCUT2D eigenvalue weighted by Gasteiger charge is -2.44. The van der Waals surface area contributed by atoms with E-state index < -0.39 is 5.97 Å². The number of aliphatic carboxylic acids is 1. The van der Waals surface area contributed by atoms with Crippen LogP contribution >= 0.6 is 23.7 Å². The SMILES string of the molecule is CC1=C(C(=O)O)N2C(=O)/C(=N\Sc3ccc(C)cc3)C2SC1. The van der Waals surface area contributed by atoms with E-state index in [4.69, 9.17) is 0 Å². The van der Waals surface area contributed by atoms with E-state index in [1.165, 1.54) is 28.6 Å². The Balaban J connectivity index is 1.79. The molecule has 114 valence electrons. The summed E-state index contributed by atoms with van der Waals surface area (Å²) in [4.78, 5) is 25.8. The number of nitrogens with zero attached hydrogens (tertiary/aromatic N) is 2. The van der Waals surface area contributed by atoms with Gasteiger partial charge in [0.2, 0.25) is 0 Å². The minimum absolute atomic E-state index is 0.105. The van der Waals surface area contributed by atoms with Crippen LogP contribution in [0.2, 0.25) is 0 Å². The molecule has 1 saturated heterocycles. The second-order valence-corrected chi connectivity index (χ2v) is 7.06. The Kier molecular flexibility index (Phi) is 4.01. The van der Waals surface area contributed by atoms with Crippen LogP contribution in [0.5, 0.6) is 0 Å².